The molecule has 1 heterocycles. The van der Waals surface area contributed by atoms with Crippen molar-refractivity contribution in [2.75, 3.05) is 6.54 Å². The number of hydrogen-bond acceptors (Lipinski definition) is 3. The summed E-state index contributed by atoms with van der Waals surface area (Å²) in [5, 5.41) is 16.2. The van der Waals surface area contributed by atoms with Gasteiger partial charge in [0.1, 0.15) is 0 Å². The largest absolute Gasteiger partial charge is 0.392 e. The summed E-state index contributed by atoms with van der Waals surface area (Å²) in [6.45, 7) is 3.86. The van der Waals surface area contributed by atoms with Crippen LogP contribution in [0.5, 0.6) is 0 Å². The summed E-state index contributed by atoms with van der Waals surface area (Å²) >= 11 is 0. The SMILES string of the molecule is CCc1c(C(=O)NCC(C)O)cnn1-c1ccccc1. The zero-order chi connectivity index (χ0) is 14.5. The van der Waals surface area contributed by atoms with Gasteiger partial charge in [0.05, 0.1) is 29.2 Å². The first-order valence-electron chi connectivity index (χ1n) is 6.72. The van der Waals surface area contributed by atoms with Gasteiger partial charge < -0.3 is 10.4 Å². The number of carbonyl (C=O) groups is 1. The molecule has 0 saturated carbocycles. The molecular formula is C15H19N3O2. The molecule has 0 spiro atoms. The van der Waals surface area contributed by atoms with Gasteiger partial charge in [0.25, 0.3) is 5.91 Å². The second kappa shape index (κ2) is 6.34. The Morgan fingerprint density at radius 2 is 2.10 bits per heavy atom. The molecule has 0 aliphatic heterocycles. The number of nitrogens with one attached hydrogen (secondary N) is 1. The smallest absolute Gasteiger partial charge is 0.254 e. The van der Waals surface area contributed by atoms with E-state index in [1.165, 1.54) is 0 Å². The van der Waals surface area contributed by atoms with Crippen molar-refractivity contribution in [3.8, 4) is 5.69 Å². The maximum atomic E-state index is 12.1. The minimum absolute atomic E-state index is 0.204. The third-order valence-corrected chi connectivity index (χ3v) is 3.01. The van der Waals surface area contributed by atoms with Crippen molar-refractivity contribution in [1.29, 1.82) is 0 Å². The minimum Gasteiger partial charge on any atom is -0.392 e. The van der Waals surface area contributed by atoms with Crippen molar-refractivity contribution >= 4 is 5.91 Å². The molecule has 106 valence electrons. The maximum Gasteiger partial charge on any atom is 0.254 e. The Bertz CT molecular complexity index is 576. The normalized spacial score (nSPS) is 12.2. The zero-order valence-electron chi connectivity index (χ0n) is 11.7. The van der Waals surface area contributed by atoms with Gasteiger partial charge in [0.2, 0.25) is 0 Å². The van der Waals surface area contributed by atoms with Crippen LogP contribution in [-0.4, -0.2) is 33.4 Å². The molecule has 0 aliphatic carbocycles. The molecule has 0 radical (unpaired) electrons. The van der Waals surface area contributed by atoms with Crippen LogP contribution in [0.1, 0.15) is 29.9 Å². The van der Waals surface area contributed by atoms with Crippen LogP contribution < -0.4 is 5.32 Å². The lowest BCUT2D eigenvalue weighted by atomic mass is 10.2. The average Bonchev–Trinajstić information content (AvgIpc) is 2.89. The molecule has 0 fully saturated rings. The van der Waals surface area contributed by atoms with E-state index in [9.17, 15) is 9.90 Å². The summed E-state index contributed by atoms with van der Waals surface area (Å²) in [7, 11) is 0. The van der Waals surface area contributed by atoms with Crippen molar-refractivity contribution in [3.63, 3.8) is 0 Å². The molecule has 0 bridgehead atoms. The average molecular weight is 273 g/mol. The fraction of sp³-hybridized carbons (Fsp3) is 0.333. The second-order valence-electron chi connectivity index (χ2n) is 4.66. The van der Waals surface area contributed by atoms with Crippen LogP contribution in [0.3, 0.4) is 0 Å². The summed E-state index contributed by atoms with van der Waals surface area (Å²) < 4.78 is 1.78. The molecule has 1 atom stereocenters. The highest BCUT2D eigenvalue weighted by Gasteiger charge is 2.17. The molecule has 2 N–H and O–H groups in total. The molecule has 0 aliphatic rings. The van der Waals surface area contributed by atoms with E-state index in [1.54, 1.807) is 17.8 Å². The number of rotatable bonds is 5. The van der Waals surface area contributed by atoms with Crippen LogP contribution in [0.25, 0.3) is 5.69 Å². The van der Waals surface area contributed by atoms with Gasteiger partial charge in [-0.2, -0.15) is 5.10 Å². The Morgan fingerprint density at radius 3 is 2.70 bits per heavy atom. The molecule has 0 saturated heterocycles. The molecular weight excluding hydrogens is 254 g/mol. The number of para-hydroxylation sites is 1. The Morgan fingerprint density at radius 1 is 1.40 bits per heavy atom. The lowest BCUT2D eigenvalue weighted by Crippen LogP contribution is -2.31. The summed E-state index contributed by atoms with van der Waals surface area (Å²) in [6, 6.07) is 9.70. The molecule has 2 aromatic rings. The third kappa shape index (κ3) is 3.05. The van der Waals surface area contributed by atoms with E-state index in [0.717, 1.165) is 11.4 Å². The van der Waals surface area contributed by atoms with Crippen LogP contribution in [-0.2, 0) is 6.42 Å². The van der Waals surface area contributed by atoms with Gasteiger partial charge in [-0.3, -0.25) is 4.79 Å². The van der Waals surface area contributed by atoms with Crippen LogP contribution in [0.4, 0.5) is 0 Å². The first kappa shape index (κ1) is 14.3. The molecule has 5 nitrogen and oxygen atoms in total. The Kier molecular flexibility index (Phi) is 4.53. The lowest BCUT2D eigenvalue weighted by molar-refractivity contribution is 0.0923. The van der Waals surface area contributed by atoms with Crippen molar-refractivity contribution in [2.45, 2.75) is 26.4 Å². The van der Waals surface area contributed by atoms with Crippen LogP contribution in [0, 0.1) is 0 Å². The molecule has 20 heavy (non-hydrogen) atoms. The van der Waals surface area contributed by atoms with Gasteiger partial charge in [-0.1, -0.05) is 25.1 Å². The Hall–Kier alpha value is -2.14. The van der Waals surface area contributed by atoms with E-state index in [1.807, 2.05) is 37.3 Å². The number of aliphatic hydroxyl groups is 1. The zero-order valence-corrected chi connectivity index (χ0v) is 11.7. The van der Waals surface area contributed by atoms with Gasteiger partial charge in [-0.25, -0.2) is 4.68 Å². The second-order valence-corrected chi connectivity index (χ2v) is 4.66. The van der Waals surface area contributed by atoms with Crippen molar-refractivity contribution in [1.82, 2.24) is 15.1 Å². The Balaban J connectivity index is 2.28. The van der Waals surface area contributed by atoms with Gasteiger partial charge in [-0.05, 0) is 25.5 Å². The standard InChI is InChI=1S/C15H19N3O2/c1-3-14-13(15(20)16-9-11(2)19)10-17-18(14)12-7-5-4-6-8-12/h4-8,10-11,19H,3,9H2,1-2H3,(H,16,20). The number of aliphatic hydroxyl groups excluding tert-OH is 1. The number of carbonyl (C=O) groups excluding carboxylic acids is 1. The summed E-state index contributed by atoms with van der Waals surface area (Å²) in [5.41, 5.74) is 2.34. The van der Waals surface area contributed by atoms with Crippen LogP contribution in [0.2, 0.25) is 0 Å². The summed E-state index contributed by atoms with van der Waals surface area (Å²) in [5.74, 6) is -0.204. The quantitative estimate of drug-likeness (QED) is 0.868. The van der Waals surface area contributed by atoms with Crippen LogP contribution in [0.15, 0.2) is 36.5 Å². The third-order valence-electron chi connectivity index (χ3n) is 3.01. The molecule has 5 heteroatoms. The molecule has 2 rings (SSSR count). The first-order chi connectivity index (χ1) is 9.63. The van der Waals surface area contributed by atoms with Gasteiger partial charge in [0, 0.05) is 6.54 Å². The van der Waals surface area contributed by atoms with E-state index in [-0.39, 0.29) is 12.5 Å². The van der Waals surface area contributed by atoms with Gasteiger partial charge in [-0.15, -0.1) is 0 Å². The van der Waals surface area contributed by atoms with E-state index in [4.69, 9.17) is 0 Å². The number of benzene rings is 1. The highest BCUT2D eigenvalue weighted by Crippen LogP contribution is 2.15. The monoisotopic (exact) mass is 273 g/mol. The highest BCUT2D eigenvalue weighted by molar-refractivity contribution is 5.95. The van der Waals surface area contributed by atoms with E-state index in [0.29, 0.717) is 12.0 Å². The number of nitrogens with zero attached hydrogens (tertiary/aromatic N) is 2. The van der Waals surface area contributed by atoms with Gasteiger partial charge >= 0.3 is 0 Å². The summed E-state index contributed by atoms with van der Waals surface area (Å²) in [6.07, 6.45) is 1.71. The maximum absolute atomic E-state index is 12.1. The first-order valence-corrected chi connectivity index (χ1v) is 6.72. The predicted molar refractivity (Wildman–Crippen MR) is 77.0 cm³/mol. The predicted octanol–water partition coefficient (Wildman–Crippen LogP) is 1.55. The molecule has 1 unspecified atom stereocenters. The minimum atomic E-state index is -0.562. The number of aromatic nitrogens is 2. The topological polar surface area (TPSA) is 67.2 Å². The fourth-order valence-electron chi connectivity index (χ4n) is 2.03. The van der Waals surface area contributed by atoms with Gasteiger partial charge in [0.15, 0.2) is 0 Å². The number of amides is 1. The number of hydrogen-bond donors (Lipinski definition) is 2. The van der Waals surface area contributed by atoms with E-state index < -0.39 is 6.10 Å². The van der Waals surface area contributed by atoms with E-state index >= 15 is 0 Å². The summed E-state index contributed by atoms with van der Waals surface area (Å²) in [4.78, 5) is 12.1. The van der Waals surface area contributed by atoms with Crippen LogP contribution >= 0.6 is 0 Å². The van der Waals surface area contributed by atoms with Crippen molar-refractivity contribution in [3.05, 3.63) is 47.8 Å². The van der Waals surface area contributed by atoms with Crippen molar-refractivity contribution < 1.29 is 9.90 Å². The fourth-order valence-corrected chi connectivity index (χ4v) is 2.03. The van der Waals surface area contributed by atoms with E-state index in [2.05, 4.69) is 10.4 Å². The molecule has 1 aromatic carbocycles. The molecule has 1 aromatic heterocycles. The molecule has 1 amide bonds. The highest BCUT2D eigenvalue weighted by atomic mass is 16.3. The van der Waals surface area contributed by atoms with Crippen molar-refractivity contribution in [2.24, 2.45) is 0 Å². The lowest BCUT2D eigenvalue weighted by Gasteiger charge is -2.09. The Labute approximate surface area is 118 Å².